The molecule has 2 heterocycles. The maximum absolute atomic E-state index is 12.0. The van der Waals surface area contributed by atoms with E-state index in [1.807, 2.05) is 70.2 Å². The highest BCUT2D eigenvalue weighted by molar-refractivity contribution is 7.86. The van der Waals surface area contributed by atoms with Gasteiger partial charge in [0.25, 0.3) is 20.2 Å². The summed E-state index contributed by atoms with van der Waals surface area (Å²) in [5, 5.41) is 12.1. The predicted octanol–water partition coefficient (Wildman–Crippen LogP) is 6.57. The first-order valence-electron chi connectivity index (χ1n) is 14.5. The van der Waals surface area contributed by atoms with Crippen LogP contribution in [0.2, 0.25) is 0 Å². The van der Waals surface area contributed by atoms with Crippen molar-refractivity contribution in [2.75, 3.05) is 11.6 Å². The minimum atomic E-state index is -4.42. The fourth-order valence-electron chi connectivity index (χ4n) is 6.17. The molecule has 0 saturated carbocycles. The van der Waals surface area contributed by atoms with E-state index >= 15 is 0 Å². The minimum Gasteiger partial charge on any atom is -0.284 e. The number of hydrogen-bond donors (Lipinski definition) is 3. The highest BCUT2D eigenvalue weighted by atomic mass is 32.2. The number of nitrogens with zero attached hydrogens (tertiary/aromatic N) is 2. The van der Waals surface area contributed by atoms with Gasteiger partial charge in [-0.2, -0.15) is 21.4 Å². The summed E-state index contributed by atoms with van der Waals surface area (Å²) in [6.07, 6.45) is 21.2. The van der Waals surface area contributed by atoms with Gasteiger partial charge in [0, 0.05) is 29.5 Å². The van der Waals surface area contributed by atoms with E-state index in [4.69, 9.17) is 0 Å². The first-order chi connectivity index (χ1) is 21.0. The summed E-state index contributed by atoms with van der Waals surface area (Å²) < 4.78 is 69.0. The number of allylic oxidation sites excluding steroid dienone is 12. The summed E-state index contributed by atoms with van der Waals surface area (Å²) in [6, 6.07) is 8.72. The average Bonchev–Trinajstić information content (AvgIpc) is 3.26. The molecule has 0 spiro atoms. The lowest BCUT2D eigenvalue weighted by Gasteiger charge is -2.22. The van der Waals surface area contributed by atoms with E-state index in [9.17, 15) is 31.1 Å². The van der Waals surface area contributed by atoms with E-state index < -0.39 is 31.1 Å². The molecule has 0 fully saturated rings. The predicted molar refractivity (Wildman–Crippen MR) is 175 cm³/mol. The van der Waals surface area contributed by atoms with Crippen molar-refractivity contribution in [3.63, 3.8) is 0 Å². The molecule has 5 rings (SSSR count). The van der Waals surface area contributed by atoms with Crippen LogP contribution >= 0.6 is 0 Å². The van der Waals surface area contributed by atoms with Gasteiger partial charge in [0.05, 0.1) is 26.6 Å². The second-order valence-electron chi connectivity index (χ2n) is 12.3. The van der Waals surface area contributed by atoms with Crippen LogP contribution in [0.5, 0.6) is 0 Å². The smallest absolute Gasteiger partial charge is 0.284 e. The van der Waals surface area contributed by atoms with Crippen LogP contribution in [-0.4, -0.2) is 48.0 Å². The molecule has 2 aromatic carbocycles. The Morgan fingerprint density at radius 2 is 1.44 bits per heavy atom. The van der Waals surface area contributed by atoms with Crippen molar-refractivity contribution in [2.24, 2.45) is 0 Å². The second kappa shape index (κ2) is 11.8. The van der Waals surface area contributed by atoms with Crippen LogP contribution in [0.25, 0.3) is 0 Å². The second-order valence-corrected chi connectivity index (χ2v) is 15.1. The molecule has 0 aromatic heterocycles. The van der Waals surface area contributed by atoms with Crippen LogP contribution < -0.4 is 5.06 Å². The van der Waals surface area contributed by atoms with Gasteiger partial charge >= 0.3 is 0 Å². The number of hydrogen-bond acceptors (Lipinski definition) is 6. The molecule has 0 atom stereocenters. The average molecular weight is 650 g/mol. The van der Waals surface area contributed by atoms with E-state index in [0.29, 0.717) is 23.5 Å². The van der Waals surface area contributed by atoms with Gasteiger partial charge in [0.2, 0.25) is 5.69 Å². The van der Waals surface area contributed by atoms with Gasteiger partial charge in [0.15, 0.2) is 5.71 Å². The Morgan fingerprint density at radius 1 is 0.822 bits per heavy atom. The minimum absolute atomic E-state index is 0.170. The van der Waals surface area contributed by atoms with Crippen molar-refractivity contribution in [3.05, 3.63) is 120 Å². The van der Waals surface area contributed by atoms with E-state index in [1.165, 1.54) is 35.9 Å². The molecular formula is C34H37N2O7S2+. The first-order valence-corrected chi connectivity index (χ1v) is 17.4. The van der Waals surface area contributed by atoms with Gasteiger partial charge in [0.1, 0.15) is 6.54 Å². The first kappa shape index (κ1) is 32.5. The normalized spacial score (nSPS) is 23.0. The lowest BCUT2D eigenvalue weighted by Crippen LogP contribution is -2.28. The molecule has 9 nitrogen and oxygen atoms in total. The Hall–Kier alpha value is -3.87. The highest BCUT2D eigenvalue weighted by Gasteiger charge is 2.45. The zero-order valence-corrected chi connectivity index (χ0v) is 27.2. The summed E-state index contributed by atoms with van der Waals surface area (Å²) >= 11 is 0. The topological polar surface area (TPSA) is 135 Å². The van der Waals surface area contributed by atoms with E-state index in [2.05, 4.69) is 16.7 Å². The number of fused-ring (bicyclic) bond motifs is 2. The van der Waals surface area contributed by atoms with E-state index in [1.54, 1.807) is 12.1 Å². The SMILES string of the molecule is CC1(C)C(/C=C/C=C2/N(O)c3ccc(S(=O)(=O)O)cc3C2(C)C)=[N+](CCCC2=C/C=C\C=C/C=C\2)c2ccc(S(=O)(=O)O)cc21. The number of anilines is 1. The molecule has 2 aliphatic heterocycles. The van der Waals surface area contributed by atoms with E-state index in [0.717, 1.165) is 34.9 Å². The Kier molecular flexibility index (Phi) is 8.54. The zero-order chi connectivity index (χ0) is 32.8. The summed E-state index contributed by atoms with van der Waals surface area (Å²) in [6.45, 7) is 8.34. The van der Waals surface area contributed by atoms with Crippen LogP contribution in [0.15, 0.2) is 118 Å². The molecule has 0 unspecified atom stereocenters. The molecule has 3 N–H and O–H groups in total. The maximum Gasteiger partial charge on any atom is 0.294 e. The van der Waals surface area contributed by atoms with Crippen LogP contribution in [0.4, 0.5) is 11.4 Å². The molecule has 0 saturated heterocycles. The number of benzene rings is 2. The zero-order valence-electron chi connectivity index (χ0n) is 25.5. The monoisotopic (exact) mass is 649 g/mol. The van der Waals surface area contributed by atoms with Crippen LogP contribution in [-0.2, 0) is 31.1 Å². The third-order valence-corrected chi connectivity index (χ3v) is 10.3. The highest BCUT2D eigenvalue weighted by Crippen LogP contribution is 2.47. The molecule has 0 amide bonds. The molecule has 236 valence electrons. The molecule has 45 heavy (non-hydrogen) atoms. The Balaban J connectivity index is 1.51. The Bertz CT molecular complexity index is 1990. The molecule has 0 bridgehead atoms. The van der Waals surface area contributed by atoms with Gasteiger partial charge in [-0.25, -0.2) is 5.06 Å². The van der Waals surface area contributed by atoms with Gasteiger partial charge in [-0.05, 0) is 67.8 Å². The summed E-state index contributed by atoms with van der Waals surface area (Å²) in [5.41, 5.74) is 3.73. The van der Waals surface area contributed by atoms with Gasteiger partial charge in [-0.1, -0.05) is 62.5 Å². The molecule has 11 heteroatoms. The quantitative estimate of drug-likeness (QED) is 0.216. The Labute approximate surface area is 264 Å². The van der Waals surface area contributed by atoms with Crippen molar-refractivity contribution >= 4 is 37.3 Å². The fraction of sp³-hybridized carbons (Fsp3) is 0.265. The maximum atomic E-state index is 12.0. The number of rotatable bonds is 8. The van der Waals surface area contributed by atoms with Crippen molar-refractivity contribution in [3.8, 4) is 0 Å². The number of hydroxylamine groups is 1. The lowest BCUT2D eigenvalue weighted by atomic mass is 9.81. The molecular weight excluding hydrogens is 613 g/mol. The van der Waals surface area contributed by atoms with Crippen LogP contribution in [0.3, 0.4) is 0 Å². The standard InChI is InChI=1S/C34H36N2O7S2/c1-33(2)27-22-25(44(38,39)40)17-19-29(27)35(21-11-14-24-12-8-6-5-7-9-13-24)31(33)15-10-16-32-34(3,4)28-23-26(45(41,42)43)18-20-30(28)36(32)37/h5-10,12-13,15-20,22-23H,11,14,21H2,1-4H3,(H2-,37,38,39,40,41,42,43)/p+1/b6-5-,7-5?,8-6?,9-7-,12-8-,13-9?,24-12?,24-13+. The fourth-order valence-corrected chi connectivity index (χ4v) is 7.19. The molecule has 3 aliphatic rings. The van der Waals surface area contributed by atoms with Crippen molar-refractivity contribution in [1.29, 1.82) is 0 Å². The van der Waals surface area contributed by atoms with Crippen LogP contribution in [0, 0.1) is 0 Å². The summed E-state index contributed by atoms with van der Waals surface area (Å²) in [4.78, 5) is -0.421. The van der Waals surface area contributed by atoms with Gasteiger partial charge in [-0.15, -0.1) is 0 Å². The lowest BCUT2D eigenvalue weighted by molar-refractivity contribution is -0.438. The third kappa shape index (κ3) is 6.31. The van der Waals surface area contributed by atoms with Crippen LogP contribution in [0.1, 0.15) is 51.7 Å². The van der Waals surface area contributed by atoms with Crippen molar-refractivity contribution in [1.82, 2.24) is 0 Å². The summed E-state index contributed by atoms with van der Waals surface area (Å²) in [5.74, 6) is 0. The summed E-state index contributed by atoms with van der Waals surface area (Å²) in [7, 11) is -8.83. The Morgan fingerprint density at radius 3 is 2.13 bits per heavy atom. The molecule has 2 aromatic rings. The van der Waals surface area contributed by atoms with Crippen molar-refractivity contribution in [2.45, 2.75) is 61.2 Å². The molecule has 0 radical (unpaired) electrons. The third-order valence-electron chi connectivity index (χ3n) is 8.62. The van der Waals surface area contributed by atoms with Gasteiger partial charge in [-0.3, -0.25) is 14.3 Å². The molecule has 1 aliphatic carbocycles. The van der Waals surface area contributed by atoms with Crippen molar-refractivity contribution < 1.29 is 35.7 Å². The largest absolute Gasteiger partial charge is 0.294 e. The van der Waals surface area contributed by atoms with E-state index in [-0.39, 0.29) is 9.79 Å². The van der Waals surface area contributed by atoms with Gasteiger partial charge < -0.3 is 0 Å².